The number of aldehydes is 1. The van der Waals surface area contributed by atoms with Crippen LogP contribution in [-0.4, -0.2) is 65.6 Å². The molecule has 3 aromatic rings. The number of nitrogens with one attached hydrogen (secondary N) is 2. The Morgan fingerprint density at radius 2 is 1.80 bits per heavy atom. The molecule has 1 fully saturated rings. The first kappa shape index (κ1) is 38.0. The minimum Gasteiger partial charge on any atom is -0.405 e. The molecule has 4 rings (SSSR count). The molecular weight excluding hydrogens is 564 g/mol. The van der Waals surface area contributed by atoms with E-state index in [9.17, 15) is 23.2 Å². The van der Waals surface area contributed by atoms with Gasteiger partial charge in [0.25, 0.3) is 5.91 Å². The Kier molecular flexibility index (Phi) is 16.0. The SMILES string of the molecule is C=CN.CC.CC1CC(C(=O)Nc2ccccc2)CN1C.Cc1cc(F)c2cc(C(=O)N(C)C(C=O)CC(C)C)[nH]c2c1F. The minimum absolute atomic E-state index is 0.0244. The highest BCUT2D eigenvalue weighted by Gasteiger charge is 2.31. The molecule has 242 valence electrons. The number of benzene rings is 2. The molecule has 2 heterocycles. The summed E-state index contributed by atoms with van der Waals surface area (Å²) in [6, 6.07) is 11.9. The van der Waals surface area contributed by atoms with E-state index in [0.717, 1.165) is 24.7 Å². The zero-order valence-corrected chi connectivity index (χ0v) is 27.3. The number of rotatable bonds is 7. The number of amides is 2. The number of aryl methyl sites for hydroxylation is 1. The van der Waals surface area contributed by atoms with Crippen molar-refractivity contribution in [3.8, 4) is 0 Å². The van der Waals surface area contributed by atoms with Crippen LogP contribution in [0.15, 0.2) is 55.2 Å². The Labute approximate surface area is 260 Å². The average molecular weight is 614 g/mol. The van der Waals surface area contributed by atoms with Crippen molar-refractivity contribution in [2.75, 3.05) is 26.0 Å². The lowest BCUT2D eigenvalue weighted by Gasteiger charge is -2.24. The first-order chi connectivity index (χ1) is 20.8. The smallest absolute Gasteiger partial charge is 0.270 e. The summed E-state index contributed by atoms with van der Waals surface area (Å²) < 4.78 is 28.0. The quantitative estimate of drug-likeness (QED) is 0.263. The van der Waals surface area contributed by atoms with E-state index >= 15 is 0 Å². The average Bonchev–Trinajstić information content (AvgIpc) is 3.60. The van der Waals surface area contributed by atoms with E-state index in [1.807, 2.05) is 58.0 Å². The molecule has 8 nitrogen and oxygen atoms in total. The van der Waals surface area contributed by atoms with Crippen LogP contribution in [0.2, 0.25) is 0 Å². The van der Waals surface area contributed by atoms with Crippen LogP contribution in [0, 0.1) is 30.4 Å². The van der Waals surface area contributed by atoms with E-state index in [2.05, 4.69) is 41.5 Å². The third kappa shape index (κ3) is 10.6. The van der Waals surface area contributed by atoms with Crippen molar-refractivity contribution in [3.63, 3.8) is 0 Å². The minimum atomic E-state index is -0.592. The molecule has 0 saturated carbocycles. The van der Waals surface area contributed by atoms with Crippen molar-refractivity contribution < 1.29 is 23.2 Å². The van der Waals surface area contributed by atoms with Crippen LogP contribution in [0.3, 0.4) is 0 Å². The second-order valence-corrected chi connectivity index (χ2v) is 11.0. The molecule has 0 aliphatic carbocycles. The highest BCUT2D eigenvalue weighted by molar-refractivity contribution is 5.99. The third-order valence-electron chi connectivity index (χ3n) is 7.20. The summed E-state index contributed by atoms with van der Waals surface area (Å²) in [5.41, 5.74) is 5.68. The lowest BCUT2D eigenvalue weighted by Crippen LogP contribution is -2.39. The number of nitrogens with zero attached hydrogens (tertiary/aromatic N) is 2. The maximum absolute atomic E-state index is 14.1. The van der Waals surface area contributed by atoms with E-state index in [1.54, 1.807) is 0 Å². The van der Waals surface area contributed by atoms with Gasteiger partial charge in [-0.25, -0.2) is 8.78 Å². The predicted octanol–water partition coefficient (Wildman–Crippen LogP) is 6.52. The Hall–Kier alpha value is -4.05. The summed E-state index contributed by atoms with van der Waals surface area (Å²) in [6.45, 7) is 15.5. The number of H-pyrrole nitrogens is 1. The van der Waals surface area contributed by atoms with E-state index in [0.29, 0.717) is 18.7 Å². The van der Waals surface area contributed by atoms with Gasteiger partial charge in [-0.1, -0.05) is 52.5 Å². The summed E-state index contributed by atoms with van der Waals surface area (Å²) in [4.78, 5) is 41.8. The van der Waals surface area contributed by atoms with Gasteiger partial charge in [0.1, 0.15) is 23.6 Å². The highest BCUT2D eigenvalue weighted by Crippen LogP contribution is 2.26. The molecule has 2 amide bonds. The van der Waals surface area contributed by atoms with E-state index < -0.39 is 23.6 Å². The molecule has 3 atom stereocenters. The van der Waals surface area contributed by atoms with Gasteiger partial charge >= 0.3 is 0 Å². The summed E-state index contributed by atoms with van der Waals surface area (Å²) >= 11 is 0. The molecule has 0 spiro atoms. The Bertz CT molecular complexity index is 1350. The molecule has 1 aliphatic rings. The van der Waals surface area contributed by atoms with Crippen LogP contribution >= 0.6 is 0 Å². The fourth-order valence-electron chi connectivity index (χ4n) is 4.74. The third-order valence-corrected chi connectivity index (χ3v) is 7.20. The summed E-state index contributed by atoms with van der Waals surface area (Å²) in [7, 11) is 3.58. The number of anilines is 1. The maximum Gasteiger partial charge on any atom is 0.270 e. The first-order valence-electron chi connectivity index (χ1n) is 14.9. The van der Waals surface area contributed by atoms with Gasteiger partial charge in [0.15, 0.2) is 0 Å². The van der Waals surface area contributed by atoms with E-state index in [4.69, 9.17) is 0 Å². The van der Waals surface area contributed by atoms with Crippen molar-refractivity contribution in [2.45, 2.75) is 66.5 Å². The number of halogens is 2. The Balaban J connectivity index is 0.000000401. The van der Waals surface area contributed by atoms with Gasteiger partial charge in [-0.3, -0.25) is 9.59 Å². The van der Waals surface area contributed by atoms with Crippen molar-refractivity contribution in [2.24, 2.45) is 17.6 Å². The number of carbonyl (C=O) groups is 3. The molecule has 4 N–H and O–H groups in total. The summed E-state index contributed by atoms with van der Waals surface area (Å²) in [6.07, 6.45) is 3.44. The number of aromatic amines is 1. The number of likely N-dealkylation sites (N-methyl/N-ethyl adjacent to an activating group) is 1. The number of para-hydroxylation sites is 1. The fourth-order valence-corrected chi connectivity index (χ4v) is 4.74. The number of aromatic nitrogens is 1. The molecule has 1 saturated heterocycles. The highest BCUT2D eigenvalue weighted by atomic mass is 19.1. The van der Waals surface area contributed by atoms with Crippen LogP contribution in [0.25, 0.3) is 10.9 Å². The van der Waals surface area contributed by atoms with Crippen molar-refractivity contribution in [3.05, 3.63) is 78.1 Å². The van der Waals surface area contributed by atoms with Gasteiger partial charge in [0, 0.05) is 30.7 Å². The maximum atomic E-state index is 14.1. The molecule has 2 aromatic carbocycles. The molecule has 0 radical (unpaired) electrons. The van der Waals surface area contributed by atoms with Gasteiger partial charge in [-0.2, -0.15) is 0 Å². The monoisotopic (exact) mass is 613 g/mol. The summed E-state index contributed by atoms with van der Waals surface area (Å²) in [5.74, 6) is -1.15. The first-order valence-corrected chi connectivity index (χ1v) is 14.9. The van der Waals surface area contributed by atoms with Crippen LogP contribution in [0.5, 0.6) is 0 Å². The molecule has 0 bridgehead atoms. The van der Waals surface area contributed by atoms with E-state index in [-0.39, 0.29) is 39.9 Å². The van der Waals surface area contributed by atoms with Crippen molar-refractivity contribution in [1.82, 2.24) is 14.8 Å². The molecule has 1 aliphatic heterocycles. The number of likely N-dealkylation sites (tertiary alicyclic amines) is 1. The lowest BCUT2D eigenvalue weighted by atomic mass is 10.0. The predicted molar refractivity (Wildman–Crippen MR) is 175 cm³/mol. The van der Waals surface area contributed by atoms with Crippen LogP contribution in [-0.2, 0) is 9.59 Å². The normalized spacial score (nSPS) is 16.3. The Morgan fingerprint density at radius 3 is 2.30 bits per heavy atom. The molecular formula is C34H49F2N5O3. The van der Waals surface area contributed by atoms with E-state index in [1.165, 1.54) is 31.1 Å². The zero-order chi connectivity index (χ0) is 33.6. The zero-order valence-electron chi connectivity index (χ0n) is 27.3. The number of hydrogen-bond acceptors (Lipinski definition) is 5. The van der Waals surface area contributed by atoms with Gasteiger partial charge in [0.05, 0.1) is 17.5 Å². The molecule has 44 heavy (non-hydrogen) atoms. The van der Waals surface area contributed by atoms with Gasteiger partial charge in [-0.15, -0.1) is 0 Å². The second-order valence-electron chi connectivity index (χ2n) is 11.0. The largest absolute Gasteiger partial charge is 0.405 e. The van der Waals surface area contributed by atoms with Crippen LogP contribution in [0.1, 0.15) is 63.5 Å². The fraction of sp³-hybridized carbons (Fsp3) is 0.441. The standard InChI is InChI=1S/C17H20F2N2O2.C13H18N2O.C2H5N.C2H6/c1-9(2)5-11(8-22)21(4)17(23)14-7-12-13(18)6-10(3)15(19)16(12)20-14;1-10-8-11(9-15(10)2)13(16)14-12-6-4-3-5-7-12;1-2-3;1-2/h6-9,11,20H,5H2,1-4H3;3-7,10-11H,8-9H2,1-2H3,(H,14,16);2H,1,3H2;1-2H3. The van der Waals surface area contributed by atoms with Gasteiger partial charge in [-0.05, 0) is 75.7 Å². The second kappa shape index (κ2) is 18.6. The topological polar surface area (TPSA) is 112 Å². The lowest BCUT2D eigenvalue weighted by molar-refractivity contribution is -0.119. The van der Waals surface area contributed by atoms with Crippen molar-refractivity contribution in [1.29, 1.82) is 0 Å². The number of carbonyl (C=O) groups excluding carboxylic acids is 3. The number of fused-ring (bicyclic) bond motifs is 1. The van der Waals surface area contributed by atoms with Gasteiger partial charge < -0.3 is 30.6 Å². The van der Waals surface area contributed by atoms with Crippen LogP contribution in [0.4, 0.5) is 14.5 Å². The Morgan fingerprint density at radius 1 is 1.20 bits per heavy atom. The number of hydrogen-bond donors (Lipinski definition) is 3. The van der Waals surface area contributed by atoms with Gasteiger partial charge in [0.2, 0.25) is 5.91 Å². The molecule has 1 aromatic heterocycles. The summed E-state index contributed by atoms with van der Waals surface area (Å²) in [5, 5.41) is 2.98. The van der Waals surface area contributed by atoms with Crippen molar-refractivity contribution >= 4 is 34.7 Å². The number of nitrogens with two attached hydrogens (primary N) is 1. The van der Waals surface area contributed by atoms with Crippen LogP contribution < -0.4 is 11.1 Å². The molecule has 3 unspecified atom stereocenters. The molecule has 10 heteroatoms.